The number of nitrogens with zero attached hydrogens (tertiary/aromatic N) is 3. The summed E-state index contributed by atoms with van der Waals surface area (Å²) in [6, 6.07) is 14.3. The third-order valence-electron chi connectivity index (χ3n) is 5.49. The minimum atomic E-state index is -0.161. The molecule has 3 aromatic rings. The highest BCUT2D eigenvalue weighted by atomic mass is 35.5. The molecule has 1 aliphatic heterocycles. The number of aromatic nitrogens is 2. The summed E-state index contributed by atoms with van der Waals surface area (Å²) >= 11 is 6.19. The van der Waals surface area contributed by atoms with Crippen molar-refractivity contribution in [2.45, 2.75) is 26.3 Å². The number of hydrogen-bond donors (Lipinski definition) is 1. The molecule has 0 unspecified atom stereocenters. The number of halogens is 1. The van der Waals surface area contributed by atoms with Gasteiger partial charge >= 0.3 is 0 Å². The number of rotatable bonds is 5. The van der Waals surface area contributed by atoms with Crippen molar-refractivity contribution in [2.24, 2.45) is 5.92 Å². The monoisotopic (exact) mass is 396 g/mol. The van der Waals surface area contributed by atoms with Crippen molar-refractivity contribution in [2.75, 3.05) is 19.6 Å². The number of fused-ring (bicyclic) bond motifs is 1. The molecule has 0 aliphatic carbocycles. The first-order chi connectivity index (χ1) is 13.6. The molecular weight excluding hydrogens is 372 g/mol. The van der Waals surface area contributed by atoms with Crippen LogP contribution in [0, 0.1) is 12.8 Å². The Labute approximate surface area is 170 Å². The third kappa shape index (κ3) is 4.21. The Morgan fingerprint density at radius 1 is 1.18 bits per heavy atom. The molecule has 3 heterocycles. The molecule has 0 spiro atoms. The van der Waals surface area contributed by atoms with Gasteiger partial charge in [0.05, 0.1) is 0 Å². The Balaban J connectivity index is 1.28. The van der Waals surface area contributed by atoms with E-state index in [9.17, 15) is 4.79 Å². The van der Waals surface area contributed by atoms with Gasteiger partial charge in [-0.05, 0) is 56.5 Å². The average molecular weight is 397 g/mol. The number of benzene rings is 1. The first-order valence-corrected chi connectivity index (χ1v) is 10.2. The summed E-state index contributed by atoms with van der Waals surface area (Å²) in [7, 11) is 0. The molecule has 1 amide bonds. The van der Waals surface area contributed by atoms with E-state index in [0.29, 0.717) is 23.8 Å². The number of piperidine rings is 1. The van der Waals surface area contributed by atoms with Crippen molar-refractivity contribution in [3.05, 3.63) is 70.6 Å². The number of likely N-dealkylation sites (tertiary alicyclic amines) is 1. The molecule has 1 aliphatic rings. The summed E-state index contributed by atoms with van der Waals surface area (Å²) in [5, 5.41) is 3.30. The van der Waals surface area contributed by atoms with Gasteiger partial charge in [0.1, 0.15) is 5.65 Å². The van der Waals surface area contributed by atoms with Crippen LogP contribution >= 0.6 is 11.6 Å². The molecule has 5 nitrogen and oxygen atoms in total. The molecule has 0 saturated carbocycles. The van der Waals surface area contributed by atoms with Gasteiger partial charge < -0.3 is 5.32 Å². The van der Waals surface area contributed by atoms with Crippen LogP contribution in [0.3, 0.4) is 0 Å². The second-order valence-corrected chi connectivity index (χ2v) is 7.95. The van der Waals surface area contributed by atoms with E-state index < -0.39 is 0 Å². The Morgan fingerprint density at radius 3 is 2.68 bits per heavy atom. The van der Waals surface area contributed by atoms with Crippen LogP contribution in [0.15, 0.2) is 48.7 Å². The van der Waals surface area contributed by atoms with Gasteiger partial charge in [-0.15, -0.1) is 0 Å². The van der Waals surface area contributed by atoms with Crippen molar-refractivity contribution < 1.29 is 4.79 Å². The van der Waals surface area contributed by atoms with Crippen LogP contribution in [0.4, 0.5) is 0 Å². The fourth-order valence-corrected chi connectivity index (χ4v) is 4.05. The van der Waals surface area contributed by atoms with Crippen molar-refractivity contribution in [3.63, 3.8) is 0 Å². The van der Waals surface area contributed by atoms with E-state index >= 15 is 0 Å². The molecule has 28 heavy (non-hydrogen) atoms. The lowest BCUT2D eigenvalue weighted by Gasteiger charge is -2.32. The van der Waals surface area contributed by atoms with Crippen LogP contribution < -0.4 is 5.32 Å². The van der Waals surface area contributed by atoms with Crippen LogP contribution in [-0.4, -0.2) is 39.8 Å². The minimum Gasteiger partial charge on any atom is -0.350 e. The summed E-state index contributed by atoms with van der Waals surface area (Å²) in [6.45, 7) is 5.91. The molecule has 146 valence electrons. The normalized spacial score (nSPS) is 15.8. The van der Waals surface area contributed by atoms with Gasteiger partial charge in [-0.2, -0.15) is 0 Å². The maximum Gasteiger partial charge on any atom is 0.271 e. The first-order valence-electron chi connectivity index (χ1n) is 9.79. The van der Waals surface area contributed by atoms with Crippen molar-refractivity contribution in [1.82, 2.24) is 19.6 Å². The second-order valence-electron chi connectivity index (χ2n) is 7.60. The Kier molecular flexibility index (Phi) is 5.64. The molecule has 0 atom stereocenters. The number of pyridine rings is 1. The number of amides is 1. The van der Waals surface area contributed by atoms with E-state index in [1.165, 1.54) is 11.1 Å². The molecule has 1 saturated heterocycles. The molecule has 1 aromatic carbocycles. The van der Waals surface area contributed by atoms with E-state index in [2.05, 4.69) is 46.4 Å². The first kappa shape index (κ1) is 19.0. The van der Waals surface area contributed by atoms with Crippen molar-refractivity contribution >= 4 is 23.2 Å². The predicted octanol–water partition coefficient (Wildman–Crippen LogP) is 3.94. The fraction of sp³-hybridized carbons (Fsp3) is 0.364. The molecule has 6 heteroatoms. The minimum absolute atomic E-state index is 0.161. The van der Waals surface area contributed by atoms with E-state index in [0.717, 1.165) is 32.5 Å². The van der Waals surface area contributed by atoms with Crippen LogP contribution in [0.1, 0.15) is 34.5 Å². The van der Waals surface area contributed by atoms with Crippen LogP contribution in [-0.2, 0) is 6.54 Å². The van der Waals surface area contributed by atoms with Crippen LogP contribution in [0.2, 0.25) is 5.15 Å². The zero-order chi connectivity index (χ0) is 19.5. The SMILES string of the molecule is Cc1ccc(CN2CCC(CNC(=O)c3c(Cl)nc4ccccn34)CC2)cc1. The number of carbonyl (C=O) groups excluding carboxylic acids is 1. The molecule has 0 radical (unpaired) electrons. The quantitative estimate of drug-likeness (QED) is 0.710. The standard InChI is InChI=1S/C22H25ClN4O/c1-16-5-7-18(8-6-16)15-26-12-9-17(10-13-26)14-24-22(28)20-21(23)25-19-4-2-3-11-27(19)20/h2-8,11,17H,9-10,12-15H2,1H3,(H,24,28). The number of hydrogen-bond acceptors (Lipinski definition) is 3. The van der Waals surface area contributed by atoms with Gasteiger partial charge in [0.25, 0.3) is 5.91 Å². The van der Waals surface area contributed by atoms with Gasteiger partial charge in [0.15, 0.2) is 10.8 Å². The van der Waals surface area contributed by atoms with E-state index in [1.807, 2.05) is 24.4 Å². The lowest BCUT2D eigenvalue weighted by molar-refractivity contribution is 0.0929. The van der Waals surface area contributed by atoms with Crippen LogP contribution in [0.5, 0.6) is 0 Å². The zero-order valence-corrected chi connectivity index (χ0v) is 16.8. The lowest BCUT2D eigenvalue weighted by atomic mass is 9.96. The summed E-state index contributed by atoms with van der Waals surface area (Å²) in [4.78, 5) is 19.4. The number of carbonyl (C=O) groups is 1. The molecule has 4 rings (SSSR count). The molecule has 2 aromatic heterocycles. The predicted molar refractivity (Wildman–Crippen MR) is 112 cm³/mol. The van der Waals surface area contributed by atoms with Gasteiger partial charge in [0.2, 0.25) is 0 Å². The van der Waals surface area contributed by atoms with E-state index in [1.54, 1.807) is 4.40 Å². The zero-order valence-electron chi connectivity index (χ0n) is 16.1. The Bertz CT molecular complexity index is 958. The highest BCUT2D eigenvalue weighted by molar-refractivity contribution is 6.32. The molecule has 1 fully saturated rings. The highest BCUT2D eigenvalue weighted by Crippen LogP contribution is 2.20. The highest BCUT2D eigenvalue weighted by Gasteiger charge is 2.22. The molecule has 1 N–H and O–H groups in total. The number of nitrogens with one attached hydrogen (secondary N) is 1. The topological polar surface area (TPSA) is 49.6 Å². The summed E-state index contributed by atoms with van der Waals surface area (Å²) in [5.74, 6) is 0.335. The van der Waals surface area contributed by atoms with Crippen LogP contribution in [0.25, 0.3) is 5.65 Å². The fourth-order valence-electron chi connectivity index (χ4n) is 3.79. The van der Waals surface area contributed by atoms with Crippen molar-refractivity contribution in [3.8, 4) is 0 Å². The Hall–Kier alpha value is -2.37. The number of aryl methyl sites for hydroxylation is 1. The van der Waals surface area contributed by atoms with Crippen molar-refractivity contribution in [1.29, 1.82) is 0 Å². The maximum atomic E-state index is 12.6. The largest absolute Gasteiger partial charge is 0.350 e. The average Bonchev–Trinajstić information content (AvgIpc) is 3.05. The maximum absolute atomic E-state index is 12.6. The second kappa shape index (κ2) is 8.33. The van der Waals surface area contributed by atoms with Gasteiger partial charge in [0, 0.05) is 19.3 Å². The van der Waals surface area contributed by atoms with Gasteiger partial charge in [-0.3, -0.25) is 14.1 Å². The third-order valence-corrected chi connectivity index (χ3v) is 5.75. The summed E-state index contributed by atoms with van der Waals surface area (Å²) < 4.78 is 1.74. The summed E-state index contributed by atoms with van der Waals surface area (Å²) in [6.07, 6.45) is 3.99. The Morgan fingerprint density at radius 2 is 1.93 bits per heavy atom. The lowest BCUT2D eigenvalue weighted by Crippen LogP contribution is -2.38. The van der Waals surface area contributed by atoms with E-state index in [4.69, 9.17) is 11.6 Å². The van der Waals surface area contributed by atoms with Gasteiger partial charge in [-0.25, -0.2) is 4.98 Å². The molecular formula is C22H25ClN4O. The number of imidazole rings is 1. The van der Waals surface area contributed by atoms with E-state index in [-0.39, 0.29) is 11.1 Å². The van der Waals surface area contributed by atoms with Gasteiger partial charge in [-0.1, -0.05) is 47.5 Å². The smallest absolute Gasteiger partial charge is 0.271 e. The molecule has 0 bridgehead atoms. The summed E-state index contributed by atoms with van der Waals surface area (Å²) in [5.41, 5.74) is 3.75.